The third-order valence-electron chi connectivity index (χ3n) is 3.69. The first-order valence-corrected chi connectivity index (χ1v) is 7.17. The van der Waals surface area contributed by atoms with E-state index in [2.05, 4.69) is 6.08 Å². The molecular weight excluding hydrogens is 258 g/mol. The van der Waals surface area contributed by atoms with Crippen LogP contribution in [0, 0.1) is 18.3 Å². The lowest BCUT2D eigenvalue weighted by atomic mass is 9.91. The van der Waals surface area contributed by atoms with Crippen LogP contribution in [0.25, 0.3) is 0 Å². The van der Waals surface area contributed by atoms with Gasteiger partial charge in [-0.25, -0.2) is 0 Å². The van der Waals surface area contributed by atoms with Gasteiger partial charge in [0.05, 0.1) is 5.69 Å². The molecule has 0 aliphatic heterocycles. The molecule has 1 aromatic rings. The van der Waals surface area contributed by atoms with Crippen LogP contribution in [0.3, 0.4) is 0 Å². The van der Waals surface area contributed by atoms with E-state index in [1.807, 2.05) is 30.7 Å². The highest BCUT2D eigenvalue weighted by Gasteiger charge is 2.24. The molecular formula is C14H19N3OS. The third-order valence-corrected chi connectivity index (χ3v) is 5.01. The number of nitrogens with two attached hydrogens (primary N) is 1. The quantitative estimate of drug-likeness (QED) is 0.503. The highest BCUT2D eigenvalue weighted by molar-refractivity contribution is 8.00. The predicted molar refractivity (Wildman–Crippen MR) is 79.2 cm³/mol. The first kappa shape index (κ1) is 14.1. The van der Waals surface area contributed by atoms with E-state index in [4.69, 9.17) is 11.1 Å². The fourth-order valence-electron chi connectivity index (χ4n) is 2.26. The van der Waals surface area contributed by atoms with Crippen LogP contribution in [0.15, 0.2) is 23.1 Å². The summed E-state index contributed by atoms with van der Waals surface area (Å²) < 4.78 is 1.90. The van der Waals surface area contributed by atoms with Crippen molar-refractivity contribution < 1.29 is 4.79 Å². The second-order valence-electron chi connectivity index (χ2n) is 4.88. The second kappa shape index (κ2) is 5.75. The van der Waals surface area contributed by atoms with Crippen LogP contribution in [-0.4, -0.2) is 28.4 Å². The van der Waals surface area contributed by atoms with Crippen LogP contribution >= 0.6 is 11.8 Å². The summed E-state index contributed by atoms with van der Waals surface area (Å²) in [5.41, 5.74) is 7.72. The average molecular weight is 277 g/mol. The number of rotatable bonds is 4. The molecule has 3 atom stereocenters. The molecule has 3 N–H and O–H groups in total. The van der Waals surface area contributed by atoms with Gasteiger partial charge in [0.15, 0.2) is 6.29 Å². The molecule has 0 saturated carbocycles. The number of aromatic nitrogens is 1. The van der Waals surface area contributed by atoms with Gasteiger partial charge in [-0.3, -0.25) is 4.79 Å². The summed E-state index contributed by atoms with van der Waals surface area (Å²) in [6, 6.07) is 1.88. The van der Waals surface area contributed by atoms with Gasteiger partial charge in [0.2, 0.25) is 0 Å². The van der Waals surface area contributed by atoms with Crippen molar-refractivity contribution in [2.45, 2.75) is 29.5 Å². The van der Waals surface area contributed by atoms with Crippen LogP contribution in [0.1, 0.15) is 22.6 Å². The maximum absolute atomic E-state index is 10.9. The number of carbonyl (C=O) groups is 1. The molecule has 1 aliphatic rings. The molecule has 3 unspecified atom stereocenters. The lowest BCUT2D eigenvalue weighted by molar-refractivity contribution is 0.111. The maximum atomic E-state index is 10.9. The van der Waals surface area contributed by atoms with Crippen molar-refractivity contribution in [3.8, 4) is 0 Å². The Morgan fingerprint density at radius 1 is 1.53 bits per heavy atom. The van der Waals surface area contributed by atoms with Crippen LogP contribution < -0.4 is 5.73 Å². The molecule has 0 spiro atoms. The number of hydrogen-bond donors (Lipinski definition) is 2. The van der Waals surface area contributed by atoms with Crippen LogP contribution in [0.4, 0.5) is 0 Å². The Kier molecular flexibility index (Phi) is 4.27. The molecule has 5 heteroatoms. The smallest absolute Gasteiger partial charge is 0.166 e. The zero-order chi connectivity index (χ0) is 14.0. The topological polar surface area (TPSA) is 71.9 Å². The normalized spacial score (nSPS) is 26.4. The van der Waals surface area contributed by atoms with Gasteiger partial charge < -0.3 is 15.7 Å². The molecule has 0 amide bonds. The molecule has 102 valence electrons. The molecule has 1 aliphatic carbocycles. The zero-order valence-electron chi connectivity index (χ0n) is 11.2. The number of hydrogen-bond acceptors (Lipinski definition) is 4. The van der Waals surface area contributed by atoms with Crippen LogP contribution in [0.5, 0.6) is 0 Å². The third kappa shape index (κ3) is 2.82. The van der Waals surface area contributed by atoms with E-state index >= 15 is 0 Å². The lowest BCUT2D eigenvalue weighted by Crippen LogP contribution is -2.34. The van der Waals surface area contributed by atoms with Crippen molar-refractivity contribution in [3.63, 3.8) is 0 Å². The minimum Gasteiger partial charge on any atom is -0.345 e. The van der Waals surface area contributed by atoms with Crippen molar-refractivity contribution in [1.29, 1.82) is 5.41 Å². The number of thioether (sulfide) groups is 1. The molecule has 0 aromatic carbocycles. The van der Waals surface area contributed by atoms with Crippen LogP contribution in [-0.2, 0) is 7.05 Å². The number of nitrogens with zero attached hydrogens (tertiary/aromatic N) is 1. The van der Waals surface area contributed by atoms with Crippen molar-refractivity contribution in [1.82, 2.24) is 4.57 Å². The minimum absolute atomic E-state index is 0.0447. The lowest BCUT2D eigenvalue weighted by Gasteiger charge is -2.26. The molecule has 2 rings (SSSR count). The van der Waals surface area contributed by atoms with E-state index < -0.39 is 0 Å². The summed E-state index contributed by atoms with van der Waals surface area (Å²) >= 11 is 1.74. The van der Waals surface area contributed by atoms with Crippen molar-refractivity contribution in [2.75, 3.05) is 0 Å². The molecule has 0 saturated heterocycles. The molecule has 1 heterocycles. The summed E-state index contributed by atoms with van der Waals surface area (Å²) in [4.78, 5) is 12.1. The first-order chi connectivity index (χ1) is 9.06. The summed E-state index contributed by atoms with van der Waals surface area (Å²) in [6.45, 7) is 2.02. The van der Waals surface area contributed by atoms with Crippen molar-refractivity contribution >= 4 is 24.3 Å². The maximum Gasteiger partial charge on any atom is 0.166 e. The zero-order valence-corrected chi connectivity index (χ0v) is 12.0. The Morgan fingerprint density at radius 2 is 2.26 bits per heavy atom. The fraction of sp³-hybridized carbons (Fsp3) is 0.429. The van der Waals surface area contributed by atoms with Gasteiger partial charge in [0, 0.05) is 41.1 Å². The van der Waals surface area contributed by atoms with E-state index in [0.717, 1.165) is 23.3 Å². The number of aldehydes is 1. The summed E-state index contributed by atoms with van der Waals surface area (Å²) in [5, 5.41) is 7.72. The first-order valence-electron chi connectivity index (χ1n) is 6.29. The standard InChI is InChI=1S/C14H19N3OS/c1-9-14(6-11(8-18)17(9)2)19-12-3-4-13(16)10(5-12)7-15/h3-4,6-8,10,12-13,15H,5,16H2,1-2H3. The average Bonchev–Trinajstić information content (AvgIpc) is 2.68. The van der Waals surface area contributed by atoms with E-state index in [-0.39, 0.29) is 12.0 Å². The SMILES string of the molecule is Cc1c(SC2C=CC(N)C(C=N)C2)cc(C=O)n1C. The highest BCUT2D eigenvalue weighted by atomic mass is 32.2. The Balaban J connectivity index is 2.16. The Labute approximate surface area is 117 Å². The van der Waals surface area contributed by atoms with Gasteiger partial charge in [-0.05, 0) is 19.4 Å². The van der Waals surface area contributed by atoms with Crippen LogP contribution in [0.2, 0.25) is 0 Å². The Hall–Kier alpha value is -1.33. The Morgan fingerprint density at radius 3 is 2.84 bits per heavy atom. The summed E-state index contributed by atoms with van der Waals surface area (Å²) in [7, 11) is 1.90. The monoisotopic (exact) mass is 277 g/mol. The van der Waals surface area contributed by atoms with E-state index in [1.54, 1.807) is 11.8 Å². The summed E-state index contributed by atoms with van der Waals surface area (Å²) in [6.07, 6.45) is 7.29. The molecule has 0 bridgehead atoms. The number of carbonyl (C=O) groups excluding carboxylic acids is 1. The summed E-state index contributed by atoms with van der Waals surface area (Å²) in [5.74, 6) is 0.108. The molecule has 0 radical (unpaired) electrons. The minimum atomic E-state index is -0.0447. The van der Waals surface area contributed by atoms with Gasteiger partial charge in [-0.2, -0.15) is 0 Å². The molecule has 4 nitrogen and oxygen atoms in total. The number of nitrogens with one attached hydrogen (secondary N) is 1. The van der Waals surface area contributed by atoms with Gasteiger partial charge in [0.1, 0.15) is 0 Å². The molecule has 19 heavy (non-hydrogen) atoms. The van der Waals surface area contributed by atoms with Crippen molar-refractivity contribution in [3.05, 3.63) is 29.6 Å². The highest BCUT2D eigenvalue weighted by Crippen LogP contribution is 2.34. The van der Waals surface area contributed by atoms with Crippen molar-refractivity contribution in [2.24, 2.45) is 18.7 Å². The van der Waals surface area contributed by atoms with E-state index in [1.165, 1.54) is 6.21 Å². The van der Waals surface area contributed by atoms with Gasteiger partial charge in [-0.1, -0.05) is 12.2 Å². The van der Waals surface area contributed by atoms with E-state index in [0.29, 0.717) is 10.9 Å². The second-order valence-corrected chi connectivity index (χ2v) is 6.16. The molecule has 1 aromatic heterocycles. The molecule has 0 fully saturated rings. The fourth-order valence-corrected chi connectivity index (χ4v) is 3.57. The Bertz CT molecular complexity index is 521. The van der Waals surface area contributed by atoms with E-state index in [9.17, 15) is 4.79 Å². The predicted octanol–water partition coefficient (Wildman–Crippen LogP) is 2.16. The van der Waals surface area contributed by atoms with Gasteiger partial charge in [-0.15, -0.1) is 11.8 Å². The van der Waals surface area contributed by atoms with Gasteiger partial charge >= 0.3 is 0 Å². The largest absolute Gasteiger partial charge is 0.345 e. The van der Waals surface area contributed by atoms with Gasteiger partial charge in [0.25, 0.3) is 0 Å².